The zero-order valence-corrected chi connectivity index (χ0v) is 12.2. The second kappa shape index (κ2) is 4.54. The highest BCUT2D eigenvalue weighted by Crippen LogP contribution is 2.76. The van der Waals surface area contributed by atoms with Gasteiger partial charge in [0.15, 0.2) is 0 Å². The second-order valence-corrected chi connectivity index (χ2v) is 6.84. The fourth-order valence-corrected chi connectivity index (χ4v) is 3.79. The van der Waals surface area contributed by atoms with Crippen molar-refractivity contribution in [1.82, 2.24) is 4.90 Å². The van der Waals surface area contributed by atoms with Crippen LogP contribution in [0, 0.1) is 17.2 Å². The molecule has 4 rings (SSSR count). The van der Waals surface area contributed by atoms with Crippen molar-refractivity contribution in [3.8, 4) is 0 Å². The van der Waals surface area contributed by atoms with Crippen LogP contribution < -0.4 is 0 Å². The van der Waals surface area contributed by atoms with Gasteiger partial charge < -0.3 is 10.0 Å². The van der Waals surface area contributed by atoms with Crippen LogP contribution in [0.15, 0.2) is 18.2 Å². The van der Waals surface area contributed by atoms with Gasteiger partial charge in [-0.05, 0) is 49.1 Å². The minimum Gasteiger partial charge on any atom is -0.478 e. The minimum atomic E-state index is -1.24. The van der Waals surface area contributed by atoms with Gasteiger partial charge in [0.05, 0.1) is 11.0 Å². The fourth-order valence-electron chi connectivity index (χ4n) is 3.79. The van der Waals surface area contributed by atoms with Crippen molar-refractivity contribution in [3.05, 3.63) is 35.1 Å². The number of nitrogens with zero attached hydrogens (tertiary/aromatic N) is 1. The molecule has 0 atom stereocenters. The first-order valence-electron chi connectivity index (χ1n) is 7.84. The van der Waals surface area contributed by atoms with Crippen LogP contribution in [0.2, 0.25) is 0 Å². The molecule has 3 fully saturated rings. The number of hydrogen-bond donors (Lipinski definition) is 1. The molecule has 1 aromatic rings. The third kappa shape index (κ3) is 1.95. The Morgan fingerprint density at radius 3 is 2.41 bits per heavy atom. The summed E-state index contributed by atoms with van der Waals surface area (Å²) < 4.78 is 14.3. The third-order valence-corrected chi connectivity index (χ3v) is 5.59. The van der Waals surface area contributed by atoms with Crippen molar-refractivity contribution in [2.75, 3.05) is 13.1 Å². The number of hydrogen-bond acceptors (Lipinski definition) is 2. The highest BCUT2D eigenvalue weighted by molar-refractivity contribution is 5.90. The number of rotatable bonds is 3. The number of halogens is 1. The largest absolute Gasteiger partial charge is 0.478 e. The van der Waals surface area contributed by atoms with Crippen molar-refractivity contribution in [2.45, 2.75) is 31.6 Å². The summed E-state index contributed by atoms with van der Waals surface area (Å²) in [5, 5.41) is 9.01. The van der Waals surface area contributed by atoms with E-state index in [-0.39, 0.29) is 22.8 Å². The number of carboxylic acid groups (broad SMARTS) is 1. The molecule has 0 aromatic heterocycles. The molecular weight excluding hydrogens is 285 g/mol. The first kappa shape index (κ1) is 13.7. The van der Waals surface area contributed by atoms with Crippen LogP contribution >= 0.6 is 0 Å². The van der Waals surface area contributed by atoms with Gasteiger partial charge in [0.2, 0.25) is 5.91 Å². The number of carboxylic acids is 1. The average molecular weight is 303 g/mol. The van der Waals surface area contributed by atoms with Gasteiger partial charge in [0.25, 0.3) is 0 Å². The number of likely N-dealkylation sites (tertiary alicyclic amines) is 1. The van der Waals surface area contributed by atoms with Crippen LogP contribution in [0.4, 0.5) is 4.39 Å². The molecule has 1 amide bonds. The molecule has 2 saturated carbocycles. The Balaban J connectivity index is 1.46. The van der Waals surface area contributed by atoms with Crippen LogP contribution in [0.3, 0.4) is 0 Å². The van der Waals surface area contributed by atoms with Crippen molar-refractivity contribution in [2.24, 2.45) is 11.3 Å². The molecule has 0 bridgehead atoms. The molecule has 22 heavy (non-hydrogen) atoms. The van der Waals surface area contributed by atoms with Gasteiger partial charge >= 0.3 is 5.97 Å². The topological polar surface area (TPSA) is 57.6 Å². The van der Waals surface area contributed by atoms with Crippen molar-refractivity contribution >= 4 is 11.9 Å². The van der Waals surface area contributed by atoms with E-state index in [4.69, 9.17) is 5.11 Å². The Hall–Kier alpha value is -1.91. The lowest BCUT2D eigenvalue weighted by atomic mass is 9.87. The smallest absolute Gasteiger partial charge is 0.338 e. The number of piperidine rings is 1. The number of amides is 1. The number of aromatic carboxylic acids is 1. The number of fused-ring (bicyclic) bond motifs is 1. The van der Waals surface area contributed by atoms with E-state index in [1.807, 2.05) is 4.90 Å². The molecule has 0 radical (unpaired) electrons. The van der Waals surface area contributed by atoms with Crippen molar-refractivity contribution in [1.29, 1.82) is 0 Å². The highest BCUT2D eigenvalue weighted by Gasteiger charge is 2.75. The Kier molecular flexibility index (Phi) is 2.83. The first-order chi connectivity index (χ1) is 10.5. The Bertz CT molecular complexity index is 658. The van der Waals surface area contributed by atoms with E-state index < -0.39 is 11.8 Å². The van der Waals surface area contributed by atoms with Crippen LogP contribution in [0.1, 0.15) is 47.5 Å². The van der Waals surface area contributed by atoms with Crippen molar-refractivity contribution < 1.29 is 19.1 Å². The molecule has 1 heterocycles. The van der Waals surface area contributed by atoms with Gasteiger partial charge in [-0.2, -0.15) is 0 Å². The fraction of sp³-hybridized carbons (Fsp3) is 0.529. The summed E-state index contributed by atoms with van der Waals surface area (Å²) in [4.78, 5) is 25.3. The van der Waals surface area contributed by atoms with Gasteiger partial charge in [-0.15, -0.1) is 0 Å². The molecule has 4 nitrogen and oxygen atoms in total. The SMILES string of the molecule is O=C(O)c1cccc(C2CCN(C(=O)C34CC3C4)CC2)c1F. The van der Waals surface area contributed by atoms with E-state index in [0.717, 1.165) is 12.8 Å². The lowest BCUT2D eigenvalue weighted by Crippen LogP contribution is -2.40. The molecule has 1 N–H and O–H groups in total. The van der Waals surface area contributed by atoms with Crippen LogP contribution in [-0.2, 0) is 4.79 Å². The highest BCUT2D eigenvalue weighted by atomic mass is 19.1. The molecule has 0 spiro atoms. The zero-order valence-electron chi connectivity index (χ0n) is 12.2. The van der Waals surface area contributed by atoms with E-state index in [2.05, 4.69) is 0 Å². The van der Waals surface area contributed by atoms with E-state index >= 15 is 0 Å². The quantitative estimate of drug-likeness (QED) is 0.934. The summed E-state index contributed by atoms with van der Waals surface area (Å²) in [7, 11) is 0. The lowest BCUT2D eigenvalue weighted by molar-refractivity contribution is -0.135. The Morgan fingerprint density at radius 1 is 1.23 bits per heavy atom. The first-order valence-corrected chi connectivity index (χ1v) is 7.84. The summed E-state index contributed by atoms with van der Waals surface area (Å²) in [5.41, 5.74) is 0.205. The lowest BCUT2D eigenvalue weighted by Gasteiger charge is -2.33. The van der Waals surface area contributed by atoms with E-state index in [1.54, 1.807) is 12.1 Å². The van der Waals surface area contributed by atoms with E-state index in [0.29, 0.717) is 37.4 Å². The molecular formula is C17H18FNO3. The maximum atomic E-state index is 14.3. The second-order valence-electron chi connectivity index (χ2n) is 6.84. The van der Waals surface area contributed by atoms with E-state index in [9.17, 15) is 14.0 Å². The number of benzene rings is 1. The average Bonchev–Trinajstić information content (AvgIpc) is 3.36. The Morgan fingerprint density at radius 2 is 1.86 bits per heavy atom. The molecule has 0 unspecified atom stereocenters. The monoisotopic (exact) mass is 303 g/mol. The summed E-state index contributed by atoms with van der Waals surface area (Å²) >= 11 is 0. The minimum absolute atomic E-state index is 0.00130. The van der Waals surface area contributed by atoms with Crippen LogP contribution in [-0.4, -0.2) is 35.0 Å². The van der Waals surface area contributed by atoms with Gasteiger partial charge in [-0.1, -0.05) is 12.1 Å². The van der Waals surface area contributed by atoms with Crippen molar-refractivity contribution in [3.63, 3.8) is 0 Å². The van der Waals surface area contributed by atoms with Crippen LogP contribution in [0.5, 0.6) is 0 Å². The molecule has 3 aliphatic rings. The molecule has 1 aromatic carbocycles. The predicted molar refractivity (Wildman–Crippen MR) is 77.1 cm³/mol. The number of carbonyl (C=O) groups excluding carboxylic acids is 1. The van der Waals surface area contributed by atoms with Gasteiger partial charge in [-0.3, -0.25) is 4.79 Å². The molecule has 2 aliphatic carbocycles. The molecule has 1 saturated heterocycles. The summed E-state index contributed by atoms with van der Waals surface area (Å²) in [6.07, 6.45) is 3.51. The van der Waals surface area contributed by atoms with Gasteiger partial charge in [0, 0.05) is 13.1 Å². The molecule has 5 heteroatoms. The standard InChI is InChI=1S/C17H18FNO3/c18-14-12(2-1-3-13(14)15(20)21)10-4-6-19(7-5-10)16(22)17-8-11(17)9-17/h1-3,10-11H,4-9H2,(H,20,21). The molecule has 116 valence electrons. The molecule has 1 aliphatic heterocycles. The normalized spacial score (nSPS) is 29.9. The predicted octanol–water partition coefficient (Wildman–Crippen LogP) is 2.64. The maximum absolute atomic E-state index is 14.3. The third-order valence-electron chi connectivity index (χ3n) is 5.59. The Labute approximate surface area is 127 Å². The maximum Gasteiger partial charge on any atom is 0.338 e. The van der Waals surface area contributed by atoms with E-state index in [1.165, 1.54) is 6.07 Å². The zero-order chi connectivity index (χ0) is 15.5. The summed E-state index contributed by atoms with van der Waals surface area (Å²) in [6, 6.07) is 4.55. The number of carbonyl (C=O) groups is 2. The van der Waals surface area contributed by atoms with Gasteiger partial charge in [0.1, 0.15) is 5.82 Å². The summed E-state index contributed by atoms with van der Waals surface area (Å²) in [5.74, 6) is -0.935. The van der Waals surface area contributed by atoms with Crippen LogP contribution in [0.25, 0.3) is 0 Å². The summed E-state index contributed by atoms with van der Waals surface area (Å²) in [6.45, 7) is 1.30. The van der Waals surface area contributed by atoms with Gasteiger partial charge in [-0.25, -0.2) is 9.18 Å².